The Labute approximate surface area is 120 Å². The molecule has 0 atom stereocenters. The van der Waals surface area contributed by atoms with Crippen LogP contribution in [0.15, 0.2) is 23.1 Å². The van der Waals surface area contributed by atoms with Crippen LogP contribution in [0.2, 0.25) is 5.02 Å². The highest BCUT2D eigenvalue weighted by atomic mass is 35.5. The minimum atomic E-state index is -3.50. The summed E-state index contributed by atoms with van der Waals surface area (Å²) in [7, 11) is -1.89. The average Bonchev–Trinajstić information content (AvgIpc) is 2.39. The lowest BCUT2D eigenvalue weighted by Crippen LogP contribution is -2.36. The molecular weight excluding hydrogens is 284 g/mol. The summed E-state index contributed by atoms with van der Waals surface area (Å²) in [5.41, 5.74) is 6.26. The molecule has 0 fully saturated rings. The van der Waals surface area contributed by atoms with Crippen LogP contribution in [0.1, 0.15) is 32.3 Å². The Hall–Kier alpha value is -0.620. The molecule has 4 nitrogen and oxygen atoms in total. The fraction of sp³-hybridized carbons (Fsp3) is 0.538. The molecule has 0 heterocycles. The van der Waals surface area contributed by atoms with E-state index in [0.29, 0.717) is 11.6 Å². The van der Waals surface area contributed by atoms with Crippen molar-refractivity contribution in [2.45, 2.75) is 44.2 Å². The zero-order valence-electron chi connectivity index (χ0n) is 11.6. The number of rotatable bonds is 6. The minimum absolute atomic E-state index is 0.00189. The van der Waals surface area contributed by atoms with Gasteiger partial charge < -0.3 is 5.73 Å². The van der Waals surface area contributed by atoms with E-state index in [-0.39, 0.29) is 10.9 Å². The minimum Gasteiger partial charge on any atom is -0.326 e. The van der Waals surface area contributed by atoms with E-state index >= 15 is 0 Å². The van der Waals surface area contributed by atoms with Gasteiger partial charge in [-0.15, -0.1) is 0 Å². The molecular formula is C13H21ClN2O2S. The maximum Gasteiger partial charge on any atom is 0.243 e. The van der Waals surface area contributed by atoms with E-state index in [0.717, 1.165) is 18.4 Å². The predicted octanol–water partition coefficient (Wildman–Crippen LogP) is 2.61. The predicted molar refractivity (Wildman–Crippen MR) is 78.7 cm³/mol. The average molecular weight is 305 g/mol. The van der Waals surface area contributed by atoms with Crippen LogP contribution in [-0.4, -0.2) is 25.8 Å². The van der Waals surface area contributed by atoms with Crippen molar-refractivity contribution < 1.29 is 8.42 Å². The smallest absolute Gasteiger partial charge is 0.243 e. The van der Waals surface area contributed by atoms with Crippen molar-refractivity contribution in [1.29, 1.82) is 0 Å². The third-order valence-corrected chi connectivity index (χ3v) is 5.64. The number of halogens is 1. The van der Waals surface area contributed by atoms with Gasteiger partial charge in [0.05, 0.1) is 4.90 Å². The second-order valence-electron chi connectivity index (χ2n) is 4.45. The van der Waals surface area contributed by atoms with Gasteiger partial charge in [-0.1, -0.05) is 31.5 Å². The number of sulfonamides is 1. The number of nitrogens with two attached hydrogens (primary N) is 1. The fourth-order valence-corrected chi connectivity index (χ4v) is 3.87. The first kappa shape index (κ1) is 16.4. The molecule has 0 saturated heterocycles. The number of hydrogen-bond donors (Lipinski definition) is 1. The van der Waals surface area contributed by atoms with Crippen LogP contribution in [0.3, 0.4) is 0 Å². The van der Waals surface area contributed by atoms with Gasteiger partial charge in [-0.05, 0) is 30.5 Å². The van der Waals surface area contributed by atoms with E-state index in [9.17, 15) is 8.42 Å². The van der Waals surface area contributed by atoms with Crippen molar-refractivity contribution in [3.8, 4) is 0 Å². The van der Waals surface area contributed by atoms with Crippen LogP contribution >= 0.6 is 11.6 Å². The summed E-state index contributed by atoms with van der Waals surface area (Å²) in [6.45, 7) is 4.25. The van der Waals surface area contributed by atoms with Gasteiger partial charge in [0.25, 0.3) is 0 Å². The molecule has 0 bridgehead atoms. The summed E-state index contributed by atoms with van der Waals surface area (Å²) in [6, 6.07) is 4.69. The van der Waals surface area contributed by atoms with Crippen LogP contribution in [0.5, 0.6) is 0 Å². The van der Waals surface area contributed by atoms with Crippen molar-refractivity contribution >= 4 is 21.6 Å². The van der Waals surface area contributed by atoms with Gasteiger partial charge in [0.2, 0.25) is 10.0 Å². The van der Waals surface area contributed by atoms with Crippen LogP contribution in [0.25, 0.3) is 0 Å². The van der Waals surface area contributed by atoms with Crippen molar-refractivity contribution in [2.24, 2.45) is 5.73 Å². The van der Waals surface area contributed by atoms with Gasteiger partial charge in [0.1, 0.15) is 0 Å². The first-order chi connectivity index (χ1) is 8.88. The molecule has 0 aliphatic heterocycles. The second kappa shape index (κ2) is 6.70. The topological polar surface area (TPSA) is 63.4 Å². The SMILES string of the molecule is CCC(CC)N(C)S(=O)(=O)c1ccc(CN)c(Cl)c1. The van der Waals surface area contributed by atoms with Gasteiger partial charge in [-0.3, -0.25) is 0 Å². The molecule has 1 aromatic carbocycles. The molecule has 0 unspecified atom stereocenters. The van der Waals surface area contributed by atoms with E-state index in [4.69, 9.17) is 17.3 Å². The van der Waals surface area contributed by atoms with E-state index < -0.39 is 10.0 Å². The van der Waals surface area contributed by atoms with E-state index in [1.165, 1.54) is 10.4 Å². The van der Waals surface area contributed by atoms with Crippen molar-refractivity contribution in [3.05, 3.63) is 28.8 Å². The van der Waals surface area contributed by atoms with Crippen LogP contribution < -0.4 is 5.73 Å². The molecule has 2 N–H and O–H groups in total. The van der Waals surface area contributed by atoms with Crippen LogP contribution in [-0.2, 0) is 16.6 Å². The fourth-order valence-electron chi connectivity index (χ4n) is 2.02. The second-order valence-corrected chi connectivity index (χ2v) is 6.85. The Morgan fingerprint density at radius 2 is 1.89 bits per heavy atom. The quantitative estimate of drug-likeness (QED) is 0.878. The highest BCUT2D eigenvalue weighted by Gasteiger charge is 2.26. The Bertz CT molecular complexity index is 527. The van der Waals surface area contributed by atoms with E-state index in [2.05, 4.69) is 0 Å². The molecule has 1 rings (SSSR count). The first-order valence-electron chi connectivity index (χ1n) is 6.34. The molecule has 0 amide bonds. The lowest BCUT2D eigenvalue weighted by atomic mass is 10.2. The first-order valence-corrected chi connectivity index (χ1v) is 8.16. The molecule has 19 heavy (non-hydrogen) atoms. The highest BCUT2D eigenvalue weighted by Crippen LogP contribution is 2.24. The summed E-state index contributed by atoms with van der Waals surface area (Å²) < 4.78 is 26.4. The summed E-state index contributed by atoms with van der Waals surface area (Å²) in [4.78, 5) is 0.212. The highest BCUT2D eigenvalue weighted by molar-refractivity contribution is 7.89. The van der Waals surface area contributed by atoms with Gasteiger partial charge in [0, 0.05) is 24.7 Å². The Morgan fingerprint density at radius 3 is 2.32 bits per heavy atom. The molecule has 6 heteroatoms. The number of hydrogen-bond acceptors (Lipinski definition) is 3. The summed E-state index contributed by atoms with van der Waals surface area (Å²) >= 11 is 6.02. The zero-order valence-corrected chi connectivity index (χ0v) is 13.1. The van der Waals surface area contributed by atoms with E-state index in [1.54, 1.807) is 19.2 Å². The molecule has 0 aliphatic carbocycles. The number of nitrogens with zero attached hydrogens (tertiary/aromatic N) is 1. The molecule has 0 aliphatic rings. The molecule has 1 aromatic rings. The van der Waals surface area contributed by atoms with Gasteiger partial charge in [0.15, 0.2) is 0 Å². The van der Waals surface area contributed by atoms with Crippen molar-refractivity contribution in [1.82, 2.24) is 4.31 Å². The zero-order chi connectivity index (χ0) is 14.6. The Morgan fingerprint density at radius 1 is 1.32 bits per heavy atom. The van der Waals surface area contributed by atoms with Crippen LogP contribution in [0, 0.1) is 0 Å². The molecule has 0 radical (unpaired) electrons. The van der Waals surface area contributed by atoms with Gasteiger partial charge in [-0.2, -0.15) is 4.31 Å². The van der Waals surface area contributed by atoms with Gasteiger partial charge in [-0.25, -0.2) is 8.42 Å². The number of benzene rings is 1. The van der Waals surface area contributed by atoms with Crippen molar-refractivity contribution in [3.63, 3.8) is 0 Å². The Kier molecular flexibility index (Phi) is 5.80. The van der Waals surface area contributed by atoms with Crippen molar-refractivity contribution in [2.75, 3.05) is 7.05 Å². The lowest BCUT2D eigenvalue weighted by molar-refractivity contribution is 0.349. The maximum absolute atomic E-state index is 12.5. The largest absolute Gasteiger partial charge is 0.326 e. The maximum atomic E-state index is 12.5. The standard InChI is InChI=1S/C13H21ClN2O2S/c1-4-11(5-2)16(3)19(17,18)12-7-6-10(9-15)13(14)8-12/h6-8,11H,4-5,9,15H2,1-3H3. The third-order valence-electron chi connectivity index (χ3n) is 3.38. The third kappa shape index (κ3) is 3.48. The monoisotopic (exact) mass is 304 g/mol. The normalized spacial score (nSPS) is 12.4. The summed E-state index contributed by atoms with van der Waals surface area (Å²) in [6.07, 6.45) is 1.56. The summed E-state index contributed by atoms with van der Waals surface area (Å²) in [5.74, 6) is 0. The van der Waals surface area contributed by atoms with Gasteiger partial charge >= 0.3 is 0 Å². The molecule has 108 valence electrons. The summed E-state index contributed by atoms with van der Waals surface area (Å²) in [5, 5.41) is 0.390. The molecule has 0 aromatic heterocycles. The molecule has 0 spiro atoms. The molecule has 0 saturated carbocycles. The Balaban J connectivity index is 3.16. The van der Waals surface area contributed by atoms with Crippen LogP contribution in [0.4, 0.5) is 0 Å². The van der Waals surface area contributed by atoms with E-state index in [1.807, 2.05) is 13.8 Å². The lowest BCUT2D eigenvalue weighted by Gasteiger charge is -2.25.